The molecule has 1 fully saturated rings. The van der Waals surface area contributed by atoms with Gasteiger partial charge < -0.3 is 15.3 Å². The van der Waals surface area contributed by atoms with Crippen molar-refractivity contribution in [3.8, 4) is 0 Å². The standard InChI is InChI=1S/C15H23N3O3/c1-17-9-3-2-4-14(17)10-16-11-15(19)12-5-7-13(8-6-12)18(20)21/h5-8,14-16,19H,2-4,9-11H2,1H3. The summed E-state index contributed by atoms with van der Waals surface area (Å²) >= 11 is 0. The summed E-state index contributed by atoms with van der Waals surface area (Å²) in [5.74, 6) is 0. The normalized spacial score (nSPS) is 21.1. The highest BCUT2D eigenvalue weighted by Crippen LogP contribution is 2.18. The number of hydrogen-bond donors (Lipinski definition) is 2. The van der Waals surface area contributed by atoms with E-state index in [1.807, 2.05) is 0 Å². The van der Waals surface area contributed by atoms with Crippen molar-refractivity contribution in [2.45, 2.75) is 31.4 Å². The average molecular weight is 293 g/mol. The van der Waals surface area contributed by atoms with Crippen LogP contribution in [0.25, 0.3) is 0 Å². The fourth-order valence-corrected chi connectivity index (χ4v) is 2.72. The van der Waals surface area contributed by atoms with Crippen molar-refractivity contribution < 1.29 is 10.0 Å². The molecule has 6 nitrogen and oxygen atoms in total. The lowest BCUT2D eigenvalue weighted by Gasteiger charge is -2.32. The molecule has 2 rings (SSSR count). The zero-order chi connectivity index (χ0) is 15.2. The second-order valence-corrected chi connectivity index (χ2v) is 5.65. The number of non-ortho nitro benzene ring substituents is 1. The number of piperidine rings is 1. The first-order chi connectivity index (χ1) is 10.1. The van der Waals surface area contributed by atoms with Crippen molar-refractivity contribution in [2.75, 3.05) is 26.7 Å². The van der Waals surface area contributed by atoms with Crippen LogP contribution in [0.1, 0.15) is 30.9 Å². The number of likely N-dealkylation sites (tertiary alicyclic amines) is 1. The van der Waals surface area contributed by atoms with Gasteiger partial charge in [0.15, 0.2) is 0 Å². The Kier molecular flexibility index (Phi) is 5.67. The van der Waals surface area contributed by atoms with Crippen LogP contribution in [0, 0.1) is 10.1 Å². The molecule has 0 radical (unpaired) electrons. The van der Waals surface area contributed by atoms with E-state index in [0.29, 0.717) is 18.2 Å². The van der Waals surface area contributed by atoms with Gasteiger partial charge in [-0.2, -0.15) is 0 Å². The van der Waals surface area contributed by atoms with Crippen molar-refractivity contribution >= 4 is 5.69 Å². The molecule has 0 saturated carbocycles. The van der Waals surface area contributed by atoms with Crippen molar-refractivity contribution in [2.24, 2.45) is 0 Å². The minimum Gasteiger partial charge on any atom is -0.387 e. The summed E-state index contributed by atoms with van der Waals surface area (Å²) in [5, 5.41) is 24.0. The van der Waals surface area contributed by atoms with Gasteiger partial charge in [-0.3, -0.25) is 10.1 Å². The maximum atomic E-state index is 10.6. The summed E-state index contributed by atoms with van der Waals surface area (Å²) in [4.78, 5) is 12.5. The van der Waals surface area contributed by atoms with Crippen LogP contribution < -0.4 is 5.32 Å². The monoisotopic (exact) mass is 293 g/mol. The summed E-state index contributed by atoms with van der Waals surface area (Å²) < 4.78 is 0. The number of nitro groups is 1. The summed E-state index contributed by atoms with van der Waals surface area (Å²) in [7, 11) is 2.14. The molecule has 1 saturated heterocycles. The number of aliphatic hydroxyl groups excluding tert-OH is 1. The van der Waals surface area contributed by atoms with Crippen LogP contribution in [-0.2, 0) is 0 Å². The van der Waals surface area contributed by atoms with Gasteiger partial charge in [0.2, 0.25) is 0 Å². The zero-order valence-electron chi connectivity index (χ0n) is 12.4. The Labute approximate surface area is 124 Å². The van der Waals surface area contributed by atoms with Gasteiger partial charge >= 0.3 is 0 Å². The predicted molar refractivity (Wildman–Crippen MR) is 81.2 cm³/mol. The van der Waals surface area contributed by atoms with Gasteiger partial charge in [0.25, 0.3) is 5.69 Å². The second-order valence-electron chi connectivity index (χ2n) is 5.65. The van der Waals surface area contributed by atoms with Crippen LogP contribution in [-0.4, -0.2) is 47.7 Å². The predicted octanol–water partition coefficient (Wildman–Crippen LogP) is 1.70. The van der Waals surface area contributed by atoms with Gasteiger partial charge in [-0.05, 0) is 44.1 Å². The quantitative estimate of drug-likeness (QED) is 0.616. The zero-order valence-corrected chi connectivity index (χ0v) is 12.4. The number of benzene rings is 1. The minimum atomic E-state index is -0.639. The highest BCUT2D eigenvalue weighted by atomic mass is 16.6. The molecule has 1 aromatic rings. The first-order valence-electron chi connectivity index (χ1n) is 7.41. The topological polar surface area (TPSA) is 78.6 Å². The molecule has 1 aliphatic heterocycles. The molecule has 0 aromatic heterocycles. The molecule has 0 spiro atoms. The van der Waals surface area contributed by atoms with Crippen molar-refractivity contribution in [1.82, 2.24) is 10.2 Å². The molecule has 2 N–H and O–H groups in total. The van der Waals surface area contributed by atoms with Crippen LogP contribution in [0.2, 0.25) is 0 Å². The molecule has 0 amide bonds. The van der Waals surface area contributed by atoms with E-state index in [-0.39, 0.29) is 5.69 Å². The molecule has 1 aromatic carbocycles. The molecule has 6 heteroatoms. The van der Waals surface area contributed by atoms with E-state index in [9.17, 15) is 15.2 Å². The van der Waals surface area contributed by atoms with Gasteiger partial charge in [0.1, 0.15) is 0 Å². The van der Waals surface area contributed by atoms with Crippen LogP contribution in [0.15, 0.2) is 24.3 Å². The third-order valence-electron chi connectivity index (χ3n) is 4.13. The number of aliphatic hydroxyl groups is 1. The molecule has 0 aliphatic carbocycles. The van der Waals surface area contributed by atoms with Crippen LogP contribution in [0.5, 0.6) is 0 Å². The number of likely N-dealkylation sites (N-methyl/N-ethyl adjacent to an activating group) is 1. The van der Waals surface area contributed by atoms with Crippen molar-refractivity contribution in [3.63, 3.8) is 0 Å². The third kappa shape index (κ3) is 4.49. The molecule has 0 bridgehead atoms. The van der Waals surface area contributed by atoms with Gasteiger partial charge in [-0.1, -0.05) is 6.42 Å². The van der Waals surface area contributed by atoms with E-state index in [0.717, 1.165) is 13.1 Å². The van der Waals surface area contributed by atoms with E-state index in [2.05, 4.69) is 17.3 Å². The summed E-state index contributed by atoms with van der Waals surface area (Å²) in [6.45, 7) is 2.46. The lowest BCUT2D eigenvalue weighted by Crippen LogP contribution is -2.43. The lowest BCUT2D eigenvalue weighted by molar-refractivity contribution is -0.384. The SMILES string of the molecule is CN1CCCCC1CNCC(O)c1ccc([N+](=O)[O-])cc1. The molecular formula is C15H23N3O3. The van der Waals surface area contributed by atoms with Crippen molar-refractivity contribution in [3.05, 3.63) is 39.9 Å². The third-order valence-corrected chi connectivity index (χ3v) is 4.13. The number of nitrogens with one attached hydrogen (secondary N) is 1. The molecule has 2 unspecified atom stereocenters. The molecule has 1 aliphatic rings. The van der Waals surface area contributed by atoms with Crippen LogP contribution in [0.4, 0.5) is 5.69 Å². The Morgan fingerprint density at radius 2 is 2.14 bits per heavy atom. The van der Waals surface area contributed by atoms with Gasteiger partial charge in [0, 0.05) is 31.3 Å². The second kappa shape index (κ2) is 7.49. The Hall–Kier alpha value is -1.50. The maximum absolute atomic E-state index is 10.6. The highest BCUT2D eigenvalue weighted by molar-refractivity contribution is 5.33. The summed E-state index contributed by atoms with van der Waals surface area (Å²) in [6.07, 6.45) is 3.08. The first kappa shape index (κ1) is 15.9. The summed E-state index contributed by atoms with van der Waals surface area (Å²) in [6, 6.07) is 6.60. The molecule has 21 heavy (non-hydrogen) atoms. The Morgan fingerprint density at radius 1 is 1.43 bits per heavy atom. The van der Waals surface area contributed by atoms with Crippen LogP contribution >= 0.6 is 0 Å². The van der Waals surface area contributed by atoms with E-state index in [1.165, 1.54) is 31.4 Å². The molecular weight excluding hydrogens is 270 g/mol. The number of nitrogens with zero attached hydrogens (tertiary/aromatic N) is 2. The number of hydrogen-bond acceptors (Lipinski definition) is 5. The number of rotatable bonds is 6. The average Bonchev–Trinajstić information content (AvgIpc) is 2.49. The molecule has 116 valence electrons. The van der Waals surface area contributed by atoms with E-state index >= 15 is 0 Å². The van der Waals surface area contributed by atoms with Crippen molar-refractivity contribution in [1.29, 1.82) is 0 Å². The minimum absolute atomic E-state index is 0.0442. The maximum Gasteiger partial charge on any atom is 0.269 e. The first-order valence-corrected chi connectivity index (χ1v) is 7.41. The molecule has 1 heterocycles. The van der Waals surface area contributed by atoms with Gasteiger partial charge in [-0.15, -0.1) is 0 Å². The van der Waals surface area contributed by atoms with Gasteiger partial charge in [0.05, 0.1) is 11.0 Å². The van der Waals surface area contributed by atoms with E-state index in [1.54, 1.807) is 12.1 Å². The van der Waals surface area contributed by atoms with E-state index < -0.39 is 11.0 Å². The van der Waals surface area contributed by atoms with Crippen LogP contribution in [0.3, 0.4) is 0 Å². The van der Waals surface area contributed by atoms with Gasteiger partial charge in [-0.25, -0.2) is 0 Å². The largest absolute Gasteiger partial charge is 0.387 e. The molecule has 2 atom stereocenters. The smallest absolute Gasteiger partial charge is 0.269 e. The van der Waals surface area contributed by atoms with E-state index in [4.69, 9.17) is 0 Å². The summed E-state index contributed by atoms with van der Waals surface area (Å²) in [5.41, 5.74) is 0.743. The Bertz CT molecular complexity index is 464. The number of nitro benzene ring substituents is 1. The fraction of sp³-hybridized carbons (Fsp3) is 0.600. The fourth-order valence-electron chi connectivity index (χ4n) is 2.72. The lowest BCUT2D eigenvalue weighted by atomic mass is 10.0. The Balaban J connectivity index is 1.78. The Morgan fingerprint density at radius 3 is 2.76 bits per heavy atom. The highest BCUT2D eigenvalue weighted by Gasteiger charge is 2.18.